The van der Waals surface area contributed by atoms with Crippen LogP contribution >= 0.6 is 0 Å². The smallest absolute Gasteiger partial charge is 0.254 e. The summed E-state index contributed by atoms with van der Waals surface area (Å²) in [5.41, 5.74) is 4.62. The average Bonchev–Trinajstić information content (AvgIpc) is 3.43. The molecule has 2 aromatic carbocycles. The van der Waals surface area contributed by atoms with Crippen LogP contribution in [-0.4, -0.2) is 39.8 Å². The van der Waals surface area contributed by atoms with E-state index < -0.39 is 0 Å². The fourth-order valence-electron chi connectivity index (χ4n) is 4.45. The number of anilines is 1. The number of rotatable bonds is 2. The Hall–Kier alpha value is -3.15. The number of imidazole rings is 1. The molecule has 1 N–H and O–H groups in total. The maximum absolute atomic E-state index is 13.3. The molecular formula is C22H22N4O2. The van der Waals surface area contributed by atoms with Gasteiger partial charge in [0.05, 0.1) is 17.1 Å². The topological polar surface area (TPSA) is 69.3 Å². The van der Waals surface area contributed by atoms with Crippen LogP contribution in [-0.2, 0) is 11.2 Å². The molecule has 0 spiro atoms. The molecule has 3 aromatic rings. The van der Waals surface area contributed by atoms with E-state index in [2.05, 4.69) is 4.98 Å². The van der Waals surface area contributed by atoms with Gasteiger partial charge in [-0.3, -0.25) is 9.59 Å². The molecule has 6 nitrogen and oxygen atoms in total. The number of aromatic nitrogens is 2. The fraction of sp³-hybridized carbons (Fsp3) is 0.318. The van der Waals surface area contributed by atoms with Crippen LogP contribution in [0.5, 0.6) is 0 Å². The summed E-state index contributed by atoms with van der Waals surface area (Å²) in [4.78, 5) is 36.8. The van der Waals surface area contributed by atoms with Gasteiger partial charge in [0.1, 0.15) is 5.82 Å². The van der Waals surface area contributed by atoms with Gasteiger partial charge in [0.25, 0.3) is 5.91 Å². The second-order valence-corrected chi connectivity index (χ2v) is 7.56. The van der Waals surface area contributed by atoms with Crippen LogP contribution in [0.2, 0.25) is 0 Å². The van der Waals surface area contributed by atoms with Gasteiger partial charge in [0.2, 0.25) is 5.91 Å². The summed E-state index contributed by atoms with van der Waals surface area (Å²) in [7, 11) is 0. The molecule has 0 radical (unpaired) electrons. The largest absolute Gasteiger partial charge is 0.340 e. The number of nitrogens with one attached hydrogen (secondary N) is 1. The van der Waals surface area contributed by atoms with Crippen molar-refractivity contribution in [1.82, 2.24) is 14.9 Å². The molecule has 2 aliphatic rings. The second-order valence-electron chi connectivity index (χ2n) is 7.56. The number of nitrogens with zero attached hydrogens (tertiary/aromatic N) is 3. The number of aromatic amines is 1. The van der Waals surface area contributed by atoms with E-state index in [0.717, 1.165) is 53.9 Å². The minimum atomic E-state index is -0.0260. The van der Waals surface area contributed by atoms with Crippen LogP contribution in [0.25, 0.3) is 11.0 Å². The van der Waals surface area contributed by atoms with Gasteiger partial charge >= 0.3 is 0 Å². The maximum Gasteiger partial charge on any atom is 0.254 e. The quantitative estimate of drug-likeness (QED) is 0.747. The van der Waals surface area contributed by atoms with Crippen molar-refractivity contribution in [1.29, 1.82) is 0 Å². The van der Waals surface area contributed by atoms with E-state index in [1.165, 1.54) is 0 Å². The molecule has 6 heteroatoms. The first-order valence-corrected chi connectivity index (χ1v) is 9.78. The predicted molar refractivity (Wildman–Crippen MR) is 107 cm³/mol. The molecule has 0 saturated carbocycles. The summed E-state index contributed by atoms with van der Waals surface area (Å²) in [6.45, 7) is 3.00. The van der Waals surface area contributed by atoms with Gasteiger partial charge in [0.15, 0.2) is 0 Å². The molecule has 1 atom stereocenters. The summed E-state index contributed by atoms with van der Waals surface area (Å²) in [5.74, 6) is 0.935. The zero-order chi connectivity index (χ0) is 19.3. The van der Waals surface area contributed by atoms with Gasteiger partial charge in [-0.25, -0.2) is 4.98 Å². The second kappa shape index (κ2) is 6.48. The van der Waals surface area contributed by atoms with Crippen molar-refractivity contribution < 1.29 is 9.59 Å². The number of carbonyl (C=O) groups excluding carboxylic acids is 2. The van der Waals surface area contributed by atoms with Crippen LogP contribution in [0.15, 0.2) is 42.5 Å². The minimum Gasteiger partial charge on any atom is -0.340 e. The number of amides is 2. The lowest BCUT2D eigenvalue weighted by Crippen LogP contribution is -2.31. The van der Waals surface area contributed by atoms with E-state index >= 15 is 0 Å². The summed E-state index contributed by atoms with van der Waals surface area (Å²) >= 11 is 0. The highest BCUT2D eigenvalue weighted by molar-refractivity contribution is 5.98. The van der Waals surface area contributed by atoms with Crippen molar-refractivity contribution in [3.05, 3.63) is 59.4 Å². The number of hydrogen-bond acceptors (Lipinski definition) is 3. The minimum absolute atomic E-state index is 0.0260. The van der Waals surface area contributed by atoms with Crippen molar-refractivity contribution in [2.75, 3.05) is 18.0 Å². The monoisotopic (exact) mass is 374 g/mol. The Bertz CT molecular complexity index is 1050. The fourth-order valence-corrected chi connectivity index (χ4v) is 4.45. The van der Waals surface area contributed by atoms with E-state index in [1.807, 2.05) is 47.4 Å². The van der Waals surface area contributed by atoms with Crippen LogP contribution in [0, 0.1) is 0 Å². The third-order valence-corrected chi connectivity index (χ3v) is 5.84. The standard InChI is InChI=1S/C22H22N4O2/c1-14(27)25-12-10-15-13-16(8-9-19(15)25)22(28)26-11-4-7-20(26)21-23-17-5-2-3-6-18(17)24-21/h2-3,5-6,8-9,13,20H,4,7,10-12H2,1H3,(H,23,24). The van der Waals surface area contributed by atoms with Crippen molar-refractivity contribution in [2.24, 2.45) is 0 Å². The van der Waals surface area contributed by atoms with Gasteiger partial charge in [0, 0.05) is 31.3 Å². The molecule has 1 fully saturated rings. The van der Waals surface area contributed by atoms with Gasteiger partial charge in [-0.05, 0) is 55.2 Å². The third-order valence-electron chi connectivity index (χ3n) is 5.84. The number of likely N-dealkylation sites (tertiary alicyclic amines) is 1. The van der Waals surface area contributed by atoms with E-state index in [1.54, 1.807) is 11.8 Å². The van der Waals surface area contributed by atoms with Gasteiger partial charge in [-0.1, -0.05) is 12.1 Å². The molecule has 0 aliphatic carbocycles. The molecule has 142 valence electrons. The van der Waals surface area contributed by atoms with E-state index in [4.69, 9.17) is 4.98 Å². The molecule has 2 aliphatic heterocycles. The molecule has 1 saturated heterocycles. The highest BCUT2D eigenvalue weighted by atomic mass is 16.2. The number of para-hydroxylation sites is 2. The average molecular weight is 374 g/mol. The van der Waals surface area contributed by atoms with Gasteiger partial charge < -0.3 is 14.8 Å². The van der Waals surface area contributed by atoms with Crippen LogP contribution in [0.3, 0.4) is 0 Å². The molecule has 2 amide bonds. The Morgan fingerprint density at radius 3 is 2.82 bits per heavy atom. The number of benzene rings is 2. The Morgan fingerprint density at radius 1 is 1.14 bits per heavy atom. The lowest BCUT2D eigenvalue weighted by atomic mass is 10.1. The molecular weight excluding hydrogens is 352 g/mol. The van der Waals surface area contributed by atoms with Gasteiger partial charge in [-0.15, -0.1) is 0 Å². The van der Waals surface area contributed by atoms with Crippen LogP contribution in [0.4, 0.5) is 5.69 Å². The first kappa shape index (κ1) is 17.0. The summed E-state index contributed by atoms with van der Waals surface area (Å²) in [5, 5.41) is 0. The lowest BCUT2D eigenvalue weighted by molar-refractivity contribution is -0.116. The molecule has 1 unspecified atom stereocenters. The predicted octanol–water partition coefficient (Wildman–Crippen LogP) is 3.45. The zero-order valence-electron chi connectivity index (χ0n) is 15.8. The highest BCUT2D eigenvalue weighted by Crippen LogP contribution is 2.34. The van der Waals surface area contributed by atoms with Crippen molar-refractivity contribution in [2.45, 2.75) is 32.2 Å². The van der Waals surface area contributed by atoms with Gasteiger partial charge in [-0.2, -0.15) is 0 Å². The number of carbonyl (C=O) groups is 2. The molecule has 3 heterocycles. The molecule has 28 heavy (non-hydrogen) atoms. The Labute approximate surface area is 163 Å². The number of fused-ring (bicyclic) bond motifs is 2. The summed E-state index contributed by atoms with van der Waals surface area (Å²) in [6.07, 6.45) is 2.67. The Morgan fingerprint density at radius 2 is 2.00 bits per heavy atom. The molecule has 0 bridgehead atoms. The number of H-pyrrole nitrogens is 1. The molecule has 5 rings (SSSR count). The lowest BCUT2D eigenvalue weighted by Gasteiger charge is -2.23. The van der Waals surface area contributed by atoms with Crippen molar-refractivity contribution in [3.8, 4) is 0 Å². The third kappa shape index (κ3) is 2.68. The molecule has 1 aromatic heterocycles. The van der Waals surface area contributed by atoms with Crippen LogP contribution in [0.1, 0.15) is 47.6 Å². The first-order chi connectivity index (χ1) is 13.6. The first-order valence-electron chi connectivity index (χ1n) is 9.78. The SMILES string of the molecule is CC(=O)N1CCc2cc(C(=O)N3CCCC3c3nc4ccccc4[nH]3)ccc21. The number of hydrogen-bond donors (Lipinski definition) is 1. The van der Waals surface area contributed by atoms with Crippen molar-refractivity contribution in [3.63, 3.8) is 0 Å². The van der Waals surface area contributed by atoms with E-state index in [9.17, 15) is 9.59 Å². The van der Waals surface area contributed by atoms with Crippen LogP contribution < -0.4 is 4.90 Å². The Kier molecular flexibility index (Phi) is 3.93. The normalized spacial score (nSPS) is 18.7. The maximum atomic E-state index is 13.3. The Balaban J connectivity index is 1.44. The van der Waals surface area contributed by atoms with E-state index in [-0.39, 0.29) is 17.9 Å². The summed E-state index contributed by atoms with van der Waals surface area (Å²) < 4.78 is 0. The van der Waals surface area contributed by atoms with Crippen molar-refractivity contribution >= 4 is 28.5 Å². The van der Waals surface area contributed by atoms with E-state index in [0.29, 0.717) is 12.1 Å². The summed E-state index contributed by atoms with van der Waals surface area (Å²) in [6, 6.07) is 13.6. The zero-order valence-corrected chi connectivity index (χ0v) is 15.8. The highest BCUT2D eigenvalue weighted by Gasteiger charge is 2.33.